The van der Waals surface area contributed by atoms with Crippen LogP contribution in [-0.4, -0.2) is 22.9 Å². The van der Waals surface area contributed by atoms with Crippen molar-refractivity contribution >= 4 is 15.9 Å². The minimum Gasteiger partial charge on any atom is -0.317 e. The lowest BCUT2D eigenvalue weighted by molar-refractivity contribution is 0.510. The Labute approximate surface area is 123 Å². The third-order valence-corrected chi connectivity index (χ3v) is 4.00. The van der Waals surface area contributed by atoms with Gasteiger partial charge in [-0.05, 0) is 50.1 Å². The largest absolute Gasteiger partial charge is 0.317 e. The van der Waals surface area contributed by atoms with Crippen molar-refractivity contribution in [2.75, 3.05) is 7.05 Å². The number of aryl methyl sites for hydroxylation is 2. The Morgan fingerprint density at radius 2 is 2.00 bits per heavy atom. The average Bonchev–Trinajstić information content (AvgIpc) is 2.82. The Kier molecular flexibility index (Phi) is 5.16. The summed E-state index contributed by atoms with van der Waals surface area (Å²) in [5.41, 5.74) is 2.66. The number of nitrogens with zero attached hydrogens (tertiary/aromatic N) is 2. The number of likely N-dealkylation sites (N-methyl/N-ethyl adjacent to an activating group) is 1. The van der Waals surface area contributed by atoms with Crippen LogP contribution in [0.4, 0.5) is 0 Å². The van der Waals surface area contributed by atoms with Gasteiger partial charge in [-0.2, -0.15) is 5.10 Å². The number of hydrogen-bond acceptors (Lipinski definition) is 2. The van der Waals surface area contributed by atoms with Crippen molar-refractivity contribution in [3.05, 3.63) is 52.3 Å². The second kappa shape index (κ2) is 6.87. The fourth-order valence-electron chi connectivity index (χ4n) is 2.22. The van der Waals surface area contributed by atoms with Crippen molar-refractivity contribution in [2.24, 2.45) is 7.05 Å². The van der Waals surface area contributed by atoms with Crippen molar-refractivity contribution in [2.45, 2.75) is 25.3 Å². The third-order valence-electron chi connectivity index (χ3n) is 3.48. The molecule has 0 amide bonds. The van der Waals surface area contributed by atoms with Crippen LogP contribution in [0.2, 0.25) is 0 Å². The summed E-state index contributed by atoms with van der Waals surface area (Å²) in [6.07, 6.45) is 5.09. The van der Waals surface area contributed by atoms with Crippen LogP contribution in [0.3, 0.4) is 0 Å². The van der Waals surface area contributed by atoms with Crippen LogP contribution in [0.1, 0.15) is 17.7 Å². The number of hydrogen-bond donors (Lipinski definition) is 1. The van der Waals surface area contributed by atoms with Gasteiger partial charge in [0.2, 0.25) is 0 Å². The van der Waals surface area contributed by atoms with Crippen LogP contribution in [0.5, 0.6) is 0 Å². The van der Waals surface area contributed by atoms with Crippen molar-refractivity contribution in [3.8, 4) is 0 Å². The van der Waals surface area contributed by atoms with Crippen LogP contribution in [-0.2, 0) is 19.9 Å². The van der Waals surface area contributed by atoms with Gasteiger partial charge in [-0.1, -0.05) is 28.1 Å². The zero-order chi connectivity index (χ0) is 13.7. The third kappa shape index (κ3) is 4.18. The molecule has 0 saturated heterocycles. The first kappa shape index (κ1) is 14.3. The highest BCUT2D eigenvalue weighted by Crippen LogP contribution is 2.13. The highest BCUT2D eigenvalue weighted by molar-refractivity contribution is 9.10. The molecule has 1 N–H and O–H groups in total. The molecule has 0 aliphatic heterocycles. The molecule has 0 radical (unpaired) electrons. The molecule has 1 unspecified atom stereocenters. The topological polar surface area (TPSA) is 29.9 Å². The van der Waals surface area contributed by atoms with E-state index in [1.807, 2.05) is 25.0 Å². The van der Waals surface area contributed by atoms with Crippen LogP contribution >= 0.6 is 15.9 Å². The molecule has 1 atom stereocenters. The van der Waals surface area contributed by atoms with Gasteiger partial charge in [0.15, 0.2) is 0 Å². The van der Waals surface area contributed by atoms with E-state index in [0.29, 0.717) is 6.04 Å². The average molecular weight is 322 g/mol. The fraction of sp³-hybridized carbons (Fsp3) is 0.400. The number of nitrogens with one attached hydrogen (secondary N) is 1. The minimum absolute atomic E-state index is 0.496. The Morgan fingerprint density at radius 1 is 1.26 bits per heavy atom. The molecule has 0 bridgehead atoms. The van der Waals surface area contributed by atoms with Gasteiger partial charge >= 0.3 is 0 Å². The van der Waals surface area contributed by atoms with Gasteiger partial charge in [0, 0.05) is 29.5 Å². The summed E-state index contributed by atoms with van der Waals surface area (Å²) in [6, 6.07) is 11.1. The van der Waals surface area contributed by atoms with Crippen LogP contribution < -0.4 is 5.32 Å². The van der Waals surface area contributed by atoms with Crippen LogP contribution in [0, 0.1) is 0 Å². The molecule has 4 heteroatoms. The molecule has 3 nitrogen and oxygen atoms in total. The molecular formula is C15H20BrN3. The van der Waals surface area contributed by atoms with E-state index in [4.69, 9.17) is 0 Å². The predicted octanol–water partition coefficient (Wildman–Crippen LogP) is 2.95. The summed E-state index contributed by atoms with van der Waals surface area (Å²) >= 11 is 3.47. The van der Waals surface area contributed by atoms with Crippen molar-refractivity contribution < 1.29 is 0 Å². The maximum atomic E-state index is 4.21. The lowest BCUT2D eigenvalue weighted by atomic mass is 10.0. The molecule has 0 aliphatic carbocycles. The standard InChI is InChI=1S/C15H20BrN3/c1-17-14(7-8-15-9-10-18-19(15)2)11-12-3-5-13(16)6-4-12/h3-6,9-10,14,17H,7-8,11H2,1-2H3. The summed E-state index contributed by atoms with van der Waals surface area (Å²) in [6.45, 7) is 0. The van der Waals surface area contributed by atoms with Gasteiger partial charge < -0.3 is 5.32 Å². The Morgan fingerprint density at radius 3 is 2.58 bits per heavy atom. The van der Waals surface area contributed by atoms with Crippen LogP contribution in [0.15, 0.2) is 41.0 Å². The zero-order valence-electron chi connectivity index (χ0n) is 11.4. The molecule has 2 rings (SSSR count). The van der Waals surface area contributed by atoms with Gasteiger partial charge in [0.25, 0.3) is 0 Å². The van der Waals surface area contributed by atoms with Gasteiger partial charge in [-0.25, -0.2) is 0 Å². The second-order valence-corrected chi connectivity index (χ2v) is 5.72. The summed E-state index contributed by atoms with van der Waals surface area (Å²) < 4.78 is 3.08. The monoisotopic (exact) mass is 321 g/mol. The highest BCUT2D eigenvalue weighted by Gasteiger charge is 2.09. The summed E-state index contributed by atoms with van der Waals surface area (Å²) in [4.78, 5) is 0. The first-order valence-corrected chi connectivity index (χ1v) is 7.37. The van der Waals surface area contributed by atoms with Crippen molar-refractivity contribution in [3.63, 3.8) is 0 Å². The number of rotatable bonds is 6. The minimum atomic E-state index is 0.496. The molecule has 0 aliphatic rings. The first-order chi connectivity index (χ1) is 9.19. The Bertz CT molecular complexity index is 504. The molecule has 2 aromatic rings. The van der Waals surface area contributed by atoms with E-state index in [-0.39, 0.29) is 0 Å². The fourth-order valence-corrected chi connectivity index (χ4v) is 2.49. The molecule has 0 saturated carbocycles. The maximum absolute atomic E-state index is 4.21. The molecule has 1 aromatic heterocycles. The van der Waals surface area contributed by atoms with Gasteiger partial charge in [0.05, 0.1) is 0 Å². The number of benzene rings is 1. The summed E-state index contributed by atoms with van der Waals surface area (Å²) in [5.74, 6) is 0. The zero-order valence-corrected chi connectivity index (χ0v) is 13.0. The molecular weight excluding hydrogens is 302 g/mol. The molecule has 0 spiro atoms. The van der Waals surface area contributed by atoms with E-state index in [0.717, 1.165) is 23.7 Å². The lowest BCUT2D eigenvalue weighted by Gasteiger charge is -2.16. The highest BCUT2D eigenvalue weighted by atomic mass is 79.9. The van der Waals surface area contributed by atoms with E-state index in [2.05, 4.69) is 56.7 Å². The SMILES string of the molecule is CNC(CCc1ccnn1C)Cc1ccc(Br)cc1. The van der Waals surface area contributed by atoms with E-state index >= 15 is 0 Å². The summed E-state index contributed by atoms with van der Waals surface area (Å²) in [5, 5.41) is 7.61. The van der Waals surface area contributed by atoms with Gasteiger partial charge in [0.1, 0.15) is 0 Å². The molecule has 1 heterocycles. The molecule has 0 fully saturated rings. The predicted molar refractivity (Wildman–Crippen MR) is 82.2 cm³/mol. The van der Waals surface area contributed by atoms with Crippen LogP contribution in [0.25, 0.3) is 0 Å². The number of halogens is 1. The smallest absolute Gasteiger partial charge is 0.0492 e. The normalized spacial score (nSPS) is 12.6. The van der Waals surface area contributed by atoms with E-state index < -0.39 is 0 Å². The van der Waals surface area contributed by atoms with Crippen molar-refractivity contribution in [1.82, 2.24) is 15.1 Å². The maximum Gasteiger partial charge on any atom is 0.0492 e. The Balaban J connectivity index is 1.90. The first-order valence-electron chi connectivity index (χ1n) is 6.57. The molecule has 102 valence electrons. The van der Waals surface area contributed by atoms with E-state index in [1.54, 1.807) is 0 Å². The van der Waals surface area contributed by atoms with Gasteiger partial charge in [-0.3, -0.25) is 4.68 Å². The lowest BCUT2D eigenvalue weighted by Crippen LogP contribution is -2.28. The summed E-state index contributed by atoms with van der Waals surface area (Å²) in [7, 11) is 4.03. The van der Waals surface area contributed by atoms with Crippen molar-refractivity contribution in [1.29, 1.82) is 0 Å². The Hall–Kier alpha value is -1.13. The molecule has 1 aromatic carbocycles. The van der Waals surface area contributed by atoms with E-state index in [9.17, 15) is 0 Å². The van der Waals surface area contributed by atoms with E-state index in [1.165, 1.54) is 11.3 Å². The number of aromatic nitrogens is 2. The second-order valence-electron chi connectivity index (χ2n) is 4.80. The quantitative estimate of drug-likeness (QED) is 0.886. The van der Waals surface area contributed by atoms with Gasteiger partial charge in [-0.15, -0.1) is 0 Å². The molecule has 19 heavy (non-hydrogen) atoms.